The predicted octanol–water partition coefficient (Wildman–Crippen LogP) is 3.91. The summed E-state index contributed by atoms with van der Waals surface area (Å²) in [6.07, 6.45) is 0. The average molecular weight is 331 g/mol. The summed E-state index contributed by atoms with van der Waals surface area (Å²) in [5.41, 5.74) is 3.46. The number of benzene rings is 1. The summed E-state index contributed by atoms with van der Waals surface area (Å²) in [6, 6.07) is 2.03. The normalized spacial score (nSPS) is 14.7. The van der Waals surface area contributed by atoms with Crippen molar-refractivity contribution in [3.63, 3.8) is 0 Å². The van der Waals surface area contributed by atoms with Crippen LogP contribution in [-0.4, -0.2) is 19.0 Å². The van der Waals surface area contributed by atoms with Crippen LogP contribution in [-0.2, 0) is 0 Å². The largest absolute Gasteiger partial charge is 0.354 e. The molecule has 1 heterocycles. The zero-order valence-corrected chi connectivity index (χ0v) is 13.1. The minimum Gasteiger partial charge on any atom is -0.354 e. The van der Waals surface area contributed by atoms with Crippen molar-refractivity contribution in [3.05, 3.63) is 26.7 Å². The minimum atomic E-state index is 0.439. The summed E-state index contributed by atoms with van der Waals surface area (Å²) in [4.78, 5) is 4.35. The van der Waals surface area contributed by atoms with Gasteiger partial charge in [-0.15, -0.1) is 0 Å². The van der Waals surface area contributed by atoms with Crippen LogP contribution >= 0.6 is 27.5 Å². The quantitative estimate of drug-likeness (QED) is 0.862. The van der Waals surface area contributed by atoms with Crippen molar-refractivity contribution >= 4 is 39.2 Å². The van der Waals surface area contributed by atoms with Gasteiger partial charge < -0.3 is 10.6 Å². The number of anilines is 1. The van der Waals surface area contributed by atoms with Crippen molar-refractivity contribution in [3.8, 4) is 0 Å². The Morgan fingerprint density at radius 2 is 2.22 bits per heavy atom. The van der Waals surface area contributed by atoms with E-state index in [2.05, 4.69) is 52.3 Å². The average Bonchev–Trinajstić information content (AvgIpc) is 2.81. The molecule has 1 aromatic rings. The van der Waals surface area contributed by atoms with E-state index in [1.807, 2.05) is 6.07 Å². The van der Waals surface area contributed by atoms with E-state index >= 15 is 0 Å². The van der Waals surface area contributed by atoms with Crippen LogP contribution < -0.4 is 10.6 Å². The van der Waals surface area contributed by atoms with Crippen molar-refractivity contribution in [1.82, 2.24) is 5.32 Å². The van der Waals surface area contributed by atoms with Gasteiger partial charge in [0.15, 0.2) is 5.96 Å². The van der Waals surface area contributed by atoms with Crippen LogP contribution in [0.15, 0.2) is 15.5 Å². The van der Waals surface area contributed by atoms with Crippen molar-refractivity contribution in [2.75, 3.05) is 18.4 Å². The van der Waals surface area contributed by atoms with Gasteiger partial charge in [0.25, 0.3) is 0 Å². The molecular weight excluding hydrogens is 314 g/mol. The molecule has 0 saturated carbocycles. The van der Waals surface area contributed by atoms with Gasteiger partial charge in [-0.3, -0.25) is 4.99 Å². The summed E-state index contributed by atoms with van der Waals surface area (Å²) in [5.74, 6) is 1.25. The highest BCUT2D eigenvalue weighted by molar-refractivity contribution is 9.10. The van der Waals surface area contributed by atoms with E-state index in [0.29, 0.717) is 5.92 Å². The van der Waals surface area contributed by atoms with E-state index in [4.69, 9.17) is 11.6 Å². The van der Waals surface area contributed by atoms with E-state index in [9.17, 15) is 0 Å². The zero-order chi connectivity index (χ0) is 13.3. The fourth-order valence-electron chi connectivity index (χ4n) is 2.08. The molecule has 2 N–H and O–H groups in total. The lowest BCUT2D eigenvalue weighted by molar-refractivity contribution is 0.857. The highest BCUT2D eigenvalue weighted by atomic mass is 79.9. The second kappa shape index (κ2) is 5.49. The van der Waals surface area contributed by atoms with Crippen molar-refractivity contribution in [2.24, 2.45) is 4.99 Å². The van der Waals surface area contributed by atoms with E-state index < -0.39 is 0 Å². The fourth-order valence-corrected chi connectivity index (χ4v) is 2.81. The molecule has 0 bridgehead atoms. The van der Waals surface area contributed by atoms with Gasteiger partial charge in [-0.25, -0.2) is 0 Å². The number of rotatable bonds is 2. The van der Waals surface area contributed by atoms with Gasteiger partial charge in [-0.05, 0) is 46.0 Å². The molecule has 0 aliphatic carbocycles. The third-order valence-corrected chi connectivity index (χ3v) is 4.41. The molecule has 0 fully saturated rings. The Kier molecular flexibility index (Phi) is 4.17. The Balaban J connectivity index is 2.43. The third-order valence-electron chi connectivity index (χ3n) is 3.06. The van der Waals surface area contributed by atoms with Crippen LogP contribution in [0.1, 0.15) is 30.9 Å². The number of nitrogens with zero attached hydrogens (tertiary/aromatic N) is 1. The lowest BCUT2D eigenvalue weighted by atomic mass is 9.97. The molecule has 0 amide bonds. The smallest absolute Gasteiger partial charge is 0.195 e. The lowest BCUT2D eigenvalue weighted by Crippen LogP contribution is -2.27. The first-order valence-corrected chi connectivity index (χ1v) is 7.21. The number of guanidine groups is 1. The number of hydrogen-bond donors (Lipinski definition) is 2. The first-order chi connectivity index (χ1) is 8.50. The Morgan fingerprint density at radius 1 is 1.50 bits per heavy atom. The predicted molar refractivity (Wildman–Crippen MR) is 81.9 cm³/mol. The maximum absolute atomic E-state index is 6.27. The van der Waals surface area contributed by atoms with Gasteiger partial charge in [-0.2, -0.15) is 0 Å². The number of halogens is 2. The lowest BCUT2D eigenvalue weighted by Gasteiger charge is -2.18. The Morgan fingerprint density at radius 3 is 2.78 bits per heavy atom. The molecule has 1 aromatic carbocycles. The molecule has 2 rings (SSSR count). The third kappa shape index (κ3) is 2.64. The van der Waals surface area contributed by atoms with Crippen LogP contribution in [0, 0.1) is 6.92 Å². The molecule has 0 atom stereocenters. The number of nitrogens with one attached hydrogen (secondary N) is 2. The van der Waals surface area contributed by atoms with Crippen molar-refractivity contribution in [1.29, 1.82) is 0 Å². The molecule has 5 heteroatoms. The summed E-state index contributed by atoms with van der Waals surface area (Å²) >= 11 is 9.82. The van der Waals surface area contributed by atoms with Crippen molar-refractivity contribution in [2.45, 2.75) is 26.7 Å². The fraction of sp³-hybridized carbons (Fsp3) is 0.462. The highest BCUT2D eigenvalue weighted by Crippen LogP contribution is 2.38. The van der Waals surface area contributed by atoms with Gasteiger partial charge in [0, 0.05) is 6.54 Å². The van der Waals surface area contributed by atoms with Gasteiger partial charge in [-0.1, -0.05) is 25.4 Å². The summed E-state index contributed by atoms with van der Waals surface area (Å²) in [5, 5.41) is 7.25. The second-order valence-electron chi connectivity index (χ2n) is 4.70. The van der Waals surface area contributed by atoms with E-state index in [0.717, 1.165) is 34.2 Å². The molecule has 3 nitrogen and oxygen atoms in total. The molecule has 0 saturated heterocycles. The second-order valence-corrected chi connectivity index (χ2v) is 5.90. The van der Waals surface area contributed by atoms with Crippen LogP contribution in [0.2, 0.25) is 5.02 Å². The number of aliphatic imine (C=N–C) groups is 1. The molecule has 1 aliphatic heterocycles. The van der Waals surface area contributed by atoms with Gasteiger partial charge in [0.1, 0.15) is 0 Å². The summed E-state index contributed by atoms with van der Waals surface area (Å²) < 4.78 is 0.891. The van der Waals surface area contributed by atoms with E-state index in [1.165, 1.54) is 11.1 Å². The summed E-state index contributed by atoms with van der Waals surface area (Å²) in [6.45, 7) is 8.14. The highest BCUT2D eigenvalue weighted by Gasteiger charge is 2.16. The summed E-state index contributed by atoms with van der Waals surface area (Å²) in [7, 11) is 0. The molecule has 1 aliphatic rings. The monoisotopic (exact) mass is 329 g/mol. The first kappa shape index (κ1) is 13.7. The molecular formula is C13H17BrClN3. The molecule has 98 valence electrons. The molecule has 0 spiro atoms. The molecule has 0 radical (unpaired) electrons. The Labute approximate surface area is 121 Å². The van der Waals surface area contributed by atoms with Gasteiger partial charge in [0.05, 0.1) is 21.7 Å². The van der Waals surface area contributed by atoms with Crippen molar-refractivity contribution < 1.29 is 0 Å². The van der Waals surface area contributed by atoms with Gasteiger partial charge in [0.2, 0.25) is 0 Å². The zero-order valence-electron chi connectivity index (χ0n) is 10.8. The Hall–Kier alpha value is -0.740. The molecule has 0 aromatic heterocycles. The van der Waals surface area contributed by atoms with Crippen LogP contribution in [0.25, 0.3) is 0 Å². The Bertz CT molecular complexity index is 497. The van der Waals surface area contributed by atoms with Crippen LogP contribution in [0.3, 0.4) is 0 Å². The van der Waals surface area contributed by atoms with E-state index in [-0.39, 0.29) is 0 Å². The number of hydrogen-bond acceptors (Lipinski definition) is 3. The minimum absolute atomic E-state index is 0.439. The van der Waals surface area contributed by atoms with Crippen LogP contribution in [0.5, 0.6) is 0 Å². The SMILES string of the molecule is Cc1c(C(C)C)cc(Cl)c(Br)c1NC1=NCCN1. The van der Waals surface area contributed by atoms with Crippen LogP contribution in [0.4, 0.5) is 5.69 Å². The molecule has 0 unspecified atom stereocenters. The maximum Gasteiger partial charge on any atom is 0.195 e. The molecule has 18 heavy (non-hydrogen) atoms. The standard InChI is InChI=1S/C13H17BrClN3/c1-7(2)9-6-10(15)11(14)12(8(9)3)18-13-16-4-5-17-13/h6-7H,4-5H2,1-3H3,(H2,16,17,18). The topological polar surface area (TPSA) is 36.4 Å². The maximum atomic E-state index is 6.27. The van der Waals surface area contributed by atoms with Gasteiger partial charge >= 0.3 is 0 Å². The van der Waals surface area contributed by atoms with E-state index in [1.54, 1.807) is 0 Å². The first-order valence-electron chi connectivity index (χ1n) is 6.04.